The average molecular weight is 279 g/mol. The number of halogens is 1. The first-order valence-electron chi connectivity index (χ1n) is 6.33. The first-order valence-corrected chi connectivity index (χ1v) is 6.71. The maximum atomic E-state index is 6.07. The predicted octanol–water partition coefficient (Wildman–Crippen LogP) is 2.43. The molecular formula is C13H15ClN4O. The molecule has 6 heteroatoms. The van der Waals surface area contributed by atoms with Crippen molar-refractivity contribution in [1.82, 2.24) is 14.8 Å². The third-order valence-electron chi connectivity index (χ3n) is 3.28. The number of para-hydroxylation sites is 1. The maximum Gasteiger partial charge on any atom is 0.171 e. The lowest BCUT2D eigenvalue weighted by Crippen LogP contribution is -2.14. The van der Waals surface area contributed by atoms with E-state index in [0.717, 1.165) is 31.0 Å². The van der Waals surface area contributed by atoms with Crippen LogP contribution in [0.1, 0.15) is 24.5 Å². The van der Waals surface area contributed by atoms with Gasteiger partial charge in [0.05, 0.1) is 10.7 Å². The smallest absolute Gasteiger partial charge is 0.171 e. The molecule has 1 aliphatic rings. The van der Waals surface area contributed by atoms with Gasteiger partial charge in [-0.15, -0.1) is 10.2 Å². The Labute approximate surface area is 116 Å². The van der Waals surface area contributed by atoms with Gasteiger partial charge in [-0.1, -0.05) is 17.7 Å². The number of hydrogen-bond donors (Lipinski definition) is 1. The number of rotatable bonds is 3. The van der Waals surface area contributed by atoms with E-state index in [0.29, 0.717) is 23.1 Å². The number of nitrogens with zero attached hydrogens (tertiary/aromatic N) is 3. The predicted molar refractivity (Wildman–Crippen MR) is 73.2 cm³/mol. The van der Waals surface area contributed by atoms with Gasteiger partial charge in [0, 0.05) is 13.0 Å². The lowest BCUT2D eigenvalue weighted by Gasteiger charge is -2.15. The Balaban J connectivity index is 1.78. The molecule has 2 aromatic rings. The highest BCUT2D eigenvalue weighted by atomic mass is 35.5. The van der Waals surface area contributed by atoms with Crippen molar-refractivity contribution in [2.24, 2.45) is 0 Å². The Morgan fingerprint density at radius 1 is 1.32 bits per heavy atom. The van der Waals surface area contributed by atoms with Crippen LogP contribution in [0.25, 0.3) is 0 Å². The monoisotopic (exact) mass is 278 g/mol. The van der Waals surface area contributed by atoms with Crippen LogP contribution in [0.2, 0.25) is 5.02 Å². The van der Waals surface area contributed by atoms with E-state index in [1.807, 2.05) is 0 Å². The molecule has 19 heavy (non-hydrogen) atoms. The van der Waals surface area contributed by atoms with E-state index in [1.165, 1.54) is 6.42 Å². The molecule has 100 valence electrons. The third kappa shape index (κ3) is 2.38. The van der Waals surface area contributed by atoms with Gasteiger partial charge < -0.3 is 15.0 Å². The van der Waals surface area contributed by atoms with Crippen LogP contribution in [0, 0.1) is 0 Å². The van der Waals surface area contributed by atoms with Gasteiger partial charge in [-0.3, -0.25) is 0 Å². The second-order valence-electron chi connectivity index (χ2n) is 4.59. The van der Waals surface area contributed by atoms with Crippen molar-refractivity contribution in [2.45, 2.75) is 32.4 Å². The number of nitrogen functional groups attached to an aromatic ring is 1. The highest BCUT2D eigenvalue weighted by molar-refractivity contribution is 6.32. The zero-order valence-electron chi connectivity index (χ0n) is 10.5. The molecule has 0 unspecified atom stereocenters. The zero-order valence-corrected chi connectivity index (χ0v) is 11.2. The maximum absolute atomic E-state index is 6.07. The van der Waals surface area contributed by atoms with Crippen LogP contribution < -0.4 is 10.5 Å². The van der Waals surface area contributed by atoms with Crippen LogP contribution in [-0.4, -0.2) is 14.8 Å². The Morgan fingerprint density at radius 2 is 2.21 bits per heavy atom. The summed E-state index contributed by atoms with van der Waals surface area (Å²) in [5.74, 6) is 2.38. The van der Waals surface area contributed by atoms with E-state index in [-0.39, 0.29) is 0 Å². The fraction of sp³-hybridized carbons (Fsp3) is 0.385. The molecule has 5 nitrogen and oxygen atoms in total. The molecule has 1 aromatic heterocycles. The summed E-state index contributed by atoms with van der Waals surface area (Å²) in [6.45, 7) is 1.29. The van der Waals surface area contributed by atoms with Gasteiger partial charge in [-0.25, -0.2) is 0 Å². The molecule has 0 spiro atoms. The van der Waals surface area contributed by atoms with Gasteiger partial charge in [-0.05, 0) is 25.0 Å². The Bertz CT molecular complexity index is 576. The van der Waals surface area contributed by atoms with Gasteiger partial charge in [0.25, 0.3) is 0 Å². The van der Waals surface area contributed by atoms with E-state index in [9.17, 15) is 0 Å². The molecule has 0 radical (unpaired) electrons. The van der Waals surface area contributed by atoms with E-state index >= 15 is 0 Å². The molecule has 3 rings (SSSR count). The molecule has 0 aliphatic carbocycles. The number of benzene rings is 1. The lowest BCUT2D eigenvalue weighted by atomic mass is 10.2. The highest BCUT2D eigenvalue weighted by Crippen LogP contribution is 2.31. The molecule has 2 heterocycles. The van der Waals surface area contributed by atoms with E-state index in [4.69, 9.17) is 22.1 Å². The van der Waals surface area contributed by atoms with Crippen LogP contribution in [0.3, 0.4) is 0 Å². The number of ether oxygens (including phenoxy) is 1. The van der Waals surface area contributed by atoms with Crippen molar-refractivity contribution in [3.63, 3.8) is 0 Å². The molecule has 0 fully saturated rings. The summed E-state index contributed by atoms with van der Waals surface area (Å²) in [5.41, 5.74) is 6.38. The first-order chi connectivity index (χ1) is 9.25. The number of nitrogens with two attached hydrogens (primary N) is 1. The summed E-state index contributed by atoms with van der Waals surface area (Å²) in [6, 6.07) is 5.32. The average Bonchev–Trinajstić information content (AvgIpc) is 2.82. The molecule has 1 aliphatic heterocycles. The fourth-order valence-corrected chi connectivity index (χ4v) is 2.53. The first kappa shape index (κ1) is 12.3. The minimum Gasteiger partial charge on any atom is -0.482 e. The van der Waals surface area contributed by atoms with Crippen molar-refractivity contribution in [3.05, 3.63) is 34.9 Å². The Kier molecular flexibility index (Phi) is 3.29. The van der Waals surface area contributed by atoms with Crippen molar-refractivity contribution in [3.8, 4) is 5.75 Å². The highest BCUT2D eigenvalue weighted by Gasteiger charge is 2.16. The van der Waals surface area contributed by atoms with E-state index in [1.54, 1.807) is 18.2 Å². The number of hydrogen-bond acceptors (Lipinski definition) is 4. The number of aryl methyl sites for hydroxylation is 1. The van der Waals surface area contributed by atoms with Crippen molar-refractivity contribution >= 4 is 17.3 Å². The zero-order chi connectivity index (χ0) is 13.2. The van der Waals surface area contributed by atoms with Crippen LogP contribution in [0.5, 0.6) is 5.75 Å². The third-order valence-corrected chi connectivity index (χ3v) is 3.58. The van der Waals surface area contributed by atoms with Gasteiger partial charge >= 0.3 is 0 Å². The SMILES string of the molecule is Nc1cccc(Cl)c1OCc1nnc2n1CCCC2. The molecule has 0 bridgehead atoms. The Morgan fingerprint density at radius 3 is 3.05 bits per heavy atom. The van der Waals surface area contributed by atoms with Gasteiger partial charge in [-0.2, -0.15) is 0 Å². The summed E-state index contributed by atoms with van der Waals surface area (Å²) < 4.78 is 7.82. The van der Waals surface area contributed by atoms with E-state index in [2.05, 4.69) is 14.8 Å². The van der Waals surface area contributed by atoms with E-state index < -0.39 is 0 Å². The fourth-order valence-electron chi connectivity index (χ4n) is 2.29. The van der Waals surface area contributed by atoms with Crippen LogP contribution >= 0.6 is 11.6 Å². The van der Waals surface area contributed by atoms with Gasteiger partial charge in [0.2, 0.25) is 0 Å². The number of aromatic nitrogens is 3. The van der Waals surface area contributed by atoms with Crippen molar-refractivity contribution in [1.29, 1.82) is 0 Å². The summed E-state index contributed by atoms with van der Waals surface area (Å²) in [4.78, 5) is 0. The number of fused-ring (bicyclic) bond motifs is 1. The van der Waals surface area contributed by atoms with Crippen LogP contribution in [0.4, 0.5) is 5.69 Å². The quantitative estimate of drug-likeness (QED) is 0.876. The molecule has 0 atom stereocenters. The summed E-state index contributed by atoms with van der Waals surface area (Å²) in [5, 5.41) is 8.87. The summed E-state index contributed by atoms with van der Waals surface area (Å²) in [6.07, 6.45) is 3.32. The summed E-state index contributed by atoms with van der Waals surface area (Å²) >= 11 is 6.07. The molecular weight excluding hydrogens is 264 g/mol. The Hall–Kier alpha value is -1.75. The van der Waals surface area contributed by atoms with Gasteiger partial charge in [0.15, 0.2) is 11.6 Å². The number of anilines is 1. The second-order valence-corrected chi connectivity index (χ2v) is 5.00. The minimum absolute atomic E-state index is 0.334. The topological polar surface area (TPSA) is 66.0 Å². The molecule has 0 saturated carbocycles. The molecule has 1 aromatic carbocycles. The second kappa shape index (κ2) is 5.09. The lowest BCUT2D eigenvalue weighted by molar-refractivity contribution is 0.288. The van der Waals surface area contributed by atoms with Crippen LogP contribution in [0.15, 0.2) is 18.2 Å². The van der Waals surface area contributed by atoms with Crippen molar-refractivity contribution < 1.29 is 4.74 Å². The molecule has 0 saturated heterocycles. The minimum atomic E-state index is 0.334. The van der Waals surface area contributed by atoms with Crippen molar-refractivity contribution in [2.75, 3.05) is 5.73 Å². The summed E-state index contributed by atoms with van der Waals surface area (Å²) in [7, 11) is 0. The largest absolute Gasteiger partial charge is 0.482 e. The van der Waals surface area contributed by atoms with Gasteiger partial charge in [0.1, 0.15) is 12.4 Å². The standard InChI is InChI=1S/C13H15ClN4O/c14-9-4-3-5-10(15)13(9)19-8-12-17-16-11-6-1-2-7-18(11)12/h3-5H,1-2,6-8,15H2. The van der Waals surface area contributed by atoms with Crippen LogP contribution in [-0.2, 0) is 19.6 Å². The molecule has 2 N–H and O–H groups in total. The molecule has 0 amide bonds. The normalized spacial score (nSPS) is 14.2.